The summed E-state index contributed by atoms with van der Waals surface area (Å²) in [5.41, 5.74) is 6.06. The lowest BCUT2D eigenvalue weighted by Gasteiger charge is -2.12. The summed E-state index contributed by atoms with van der Waals surface area (Å²) < 4.78 is 1.89. The lowest BCUT2D eigenvalue weighted by atomic mass is 10.00. The molecule has 0 radical (unpaired) electrons. The quantitative estimate of drug-likeness (QED) is 0.583. The third-order valence-electron chi connectivity index (χ3n) is 4.33. The first-order valence-corrected chi connectivity index (χ1v) is 8.10. The third-order valence-corrected chi connectivity index (χ3v) is 4.33. The molecule has 3 nitrogen and oxygen atoms in total. The van der Waals surface area contributed by atoms with E-state index < -0.39 is 0 Å². The molecule has 0 saturated carbocycles. The number of anilines is 1. The minimum Gasteiger partial charge on any atom is -0.381 e. The lowest BCUT2D eigenvalue weighted by Crippen LogP contribution is -2.01. The van der Waals surface area contributed by atoms with Gasteiger partial charge in [0.1, 0.15) is 0 Å². The SMILES string of the molecule is Cn1ncc2cc(NCc3ccccc3-c3ccccc3)ccc21. The van der Waals surface area contributed by atoms with Crippen LogP contribution in [0, 0.1) is 0 Å². The summed E-state index contributed by atoms with van der Waals surface area (Å²) in [5.74, 6) is 0. The van der Waals surface area contributed by atoms with Crippen LogP contribution >= 0.6 is 0 Å². The second kappa shape index (κ2) is 6.20. The second-order valence-corrected chi connectivity index (χ2v) is 5.92. The molecule has 3 aromatic carbocycles. The summed E-state index contributed by atoms with van der Waals surface area (Å²) in [6, 6.07) is 25.4. The van der Waals surface area contributed by atoms with Crippen LogP contribution in [0.5, 0.6) is 0 Å². The molecule has 0 unspecified atom stereocenters. The maximum absolute atomic E-state index is 4.30. The molecule has 0 aliphatic carbocycles. The number of aromatic nitrogens is 2. The Bertz CT molecular complexity index is 971. The van der Waals surface area contributed by atoms with Gasteiger partial charge >= 0.3 is 0 Å². The minimum atomic E-state index is 0.789. The van der Waals surface area contributed by atoms with Crippen molar-refractivity contribution in [3.63, 3.8) is 0 Å². The predicted molar refractivity (Wildman–Crippen MR) is 99.9 cm³/mol. The van der Waals surface area contributed by atoms with Crippen LogP contribution in [-0.2, 0) is 13.6 Å². The van der Waals surface area contributed by atoms with Crippen LogP contribution in [-0.4, -0.2) is 9.78 Å². The summed E-state index contributed by atoms with van der Waals surface area (Å²) in [6.07, 6.45) is 1.90. The Morgan fingerprint density at radius 3 is 2.58 bits per heavy atom. The fraction of sp³-hybridized carbons (Fsp3) is 0.0952. The first kappa shape index (κ1) is 14.5. The molecule has 118 valence electrons. The van der Waals surface area contributed by atoms with Crippen LogP contribution in [0.1, 0.15) is 5.56 Å². The minimum absolute atomic E-state index is 0.789. The Morgan fingerprint density at radius 2 is 1.71 bits per heavy atom. The first-order valence-electron chi connectivity index (χ1n) is 8.10. The van der Waals surface area contributed by atoms with Crippen molar-refractivity contribution in [2.24, 2.45) is 7.05 Å². The van der Waals surface area contributed by atoms with Crippen LogP contribution in [0.3, 0.4) is 0 Å². The highest BCUT2D eigenvalue weighted by Gasteiger charge is 2.05. The van der Waals surface area contributed by atoms with Crippen LogP contribution in [0.25, 0.3) is 22.0 Å². The van der Waals surface area contributed by atoms with Crippen LogP contribution in [0.4, 0.5) is 5.69 Å². The van der Waals surface area contributed by atoms with E-state index in [0.29, 0.717) is 0 Å². The Morgan fingerprint density at radius 1 is 0.917 bits per heavy atom. The lowest BCUT2D eigenvalue weighted by molar-refractivity contribution is 0.797. The average Bonchev–Trinajstić information content (AvgIpc) is 3.01. The standard InChI is InChI=1S/C21H19N3/c1-24-21-12-11-19(13-18(21)15-23-24)22-14-17-9-5-6-10-20(17)16-7-3-2-4-8-16/h2-13,15,22H,14H2,1H3. The summed E-state index contributed by atoms with van der Waals surface area (Å²) in [5, 5.41) is 8.98. The van der Waals surface area contributed by atoms with Gasteiger partial charge in [0, 0.05) is 24.7 Å². The van der Waals surface area contributed by atoms with Gasteiger partial charge in [0.2, 0.25) is 0 Å². The highest BCUT2D eigenvalue weighted by atomic mass is 15.2. The number of nitrogens with zero attached hydrogens (tertiary/aromatic N) is 2. The highest BCUT2D eigenvalue weighted by molar-refractivity contribution is 5.82. The van der Waals surface area contributed by atoms with Crippen LogP contribution < -0.4 is 5.32 Å². The van der Waals surface area contributed by atoms with Crippen molar-refractivity contribution in [1.29, 1.82) is 0 Å². The number of hydrogen-bond donors (Lipinski definition) is 1. The summed E-state index contributed by atoms with van der Waals surface area (Å²) >= 11 is 0. The fourth-order valence-electron chi connectivity index (χ4n) is 3.04. The maximum atomic E-state index is 4.30. The molecule has 0 bridgehead atoms. The maximum Gasteiger partial charge on any atom is 0.0680 e. The number of fused-ring (bicyclic) bond motifs is 1. The smallest absolute Gasteiger partial charge is 0.0680 e. The molecular weight excluding hydrogens is 294 g/mol. The van der Waals surface area contributed by atoms with E-state index in [4.69, 9.17) is 0 Å². The van der Waals surface area contributed by atoms with Gasteiger partial charge in [-0.25, -0.2) is 0 Å². The summed E-state index contributed by atoms with van der Waals surface area (Å²) in [6.45, 7) is 0.789. The molecule has 0 fully saturated rings. The number of benzene rings is 3. The number of hydrogen-bond acceptors (Lipinski definition) is 2. The van der Waals surface area contributed by atoms with E-state index in [-0.39, 0.29) is 0 Å². The van der Waals surface area contributed by atoms with Crippen molar-refractivity contribution in [3.05, 3.63) is 84.6 Å². The first-order chi connectivity index (χ1) is 11.8. The Hall–Kier alpha value is -3.07. The molecule has 0 atom stereocenters. The Labute approximate surface area is 141 Å². The normalized spacial score (nSPS) is 10.9. The van der Waals surface area contributed by atoms with E-state index in [9.17, 15) is 0 Å². The molecule has 24 heavy (non-hydrogen) atoms. The van der Waals surface area contributed by atoms with E-state index >= 15 is 0 Å². The zero-order chi connectivity index (χ0) is 16.4. The van der Waals surface area contributed by atoms with Gasteiger partial charge in [-0.05, 0) is 34.9 Å². The van der Waals surface area contributed by atoms with Crippen LogP contribution in [0.2, 0.25) is 0 Å². The largest absolute Gasteiger partial charge is 0.381 e. The molecule has 0 spiro atoms. The van der Waals surface area contributed by atoms with Crippen LogP contribution in [0.15, 0.2) is 79.0 Å². The molecular formula is C21H19N3. The van der Waals surface area contributed by atoms with E-state index in [2.05, 4.69) is 77.1 Å². The van der Waals surface area contributed by atoms with Crippen molar-refractivity contribution in [2.45, 2.75) is 6.54 Å². The molecule has 3 heteroatoms. The van der Waals surface area contributed by atoms with Gasteiger partial charge in [0.05, 0.1) is 11.7 Å². The molecule has 0 saturated heterocycles. The van der Waals surface area contributed by atoms with E-state index in [0.717, 1.165) is 23.1 Å². The van der Waals surface area contributed by atoms with E-state index in [1.54, 1.807) is 0 Å². The van der Waals surface area contributed by atoms with E-state index in [1.807, 2.05) is 24.0 Å². The van der Waals surface area contributed by atoms with Gasteiger partial charge in [-0.1, -0.05) is 54.6 Å². The molecule has 0 aliphatic rings. The topological polar surface area (TPSA) is 29.9 Å². The predicted octanol–water partition coefficient (Wildman–Crippen LogP) is 4.85. The van der Waals surface area contributed by atoms with E-state index in [1.165, 1.54) is 16.7 Å². The molecule has 0 aliphatic heterocycles. The Kier molecular flexibility index (Phi) is 3.75. The summed E-state index contributed by atoms with van der Waals surface area (Å²) in [7, 11) is 1.96. The Balaban J connectivity index is 1.59. The third kappa shape index (κ3) is 2.76. The molecule has 1 aromatic heterocycles. The van der Waals surface area contributed by atoms with Crippen molar-refractivity contribution < 1.29 is 0 Å². The number of rotatable bonds is 4. The molecule has 4 rings (SSSR count). The average molecular weight is 313 g/mol. The van der Waals surface area contributed by atoms with Crippen molar-refractivity contribution in [3.8, 4) is 11.1 Å². The van der Waals surface area contributed by atoms with Gasteiger partial charge in [0.15, 0.2) is 0 Å². The van der Waals surface area contributed by atoms with Crippen molar-refractivity contribution in [2.75, 3.05) is 5.32 Å². The summed E-state index contributed by atoms with van der Waals surface area (Å²) in [4.78, 5) is 0. The van der Waals surface area contributed by atoms with Gasteiger partial charge in [-0.15, -0.1) is 0 Å². The molecule has 0 amide bonds. The monoisotopic (exact) mass is 313 g/mol. The zero-order valence-electron chi connectivity index (χ0n) is 13.6. The van der Waals surface area contributed by atoms with Gasteiger partial charge in [-0.2, -0.15) is 5.10 Å². The fourth-order valence-corrected chi connectivity index (χ4v) is 3.04. The number of aryl methyl sites for hydroxylation is 1. The molecule has 1 N–H and O–H groups in total. The van der Waals surface area contributed by atoms with Gasteiger partial charge in [-0.3, -0.25) is 4.68 Å². The second-order valence-electron chi connectivity index (χ2n) is 5.92. The van der Waals surface area contributed by atoms with Crippen molar-refractivity contribution in [1.82, 2.24) is 9.78 Å². The zero-order valence-corrected chi connectivity index (χ0v) is 13.6. The van der Waals surface area contributed by atoms with Gasteiger partial charge in [0.25, 0.3) is 0 Å². The molecule has 4 aromatic rings. The van der Waals surface area contributed by atoms with Gasteiger partial charge < -0.3 is 5.32 Å². The highest BCUT2D eigenvalue weighted by Crippen LogP contribution is 2.25. The number of nitrogens with one attached hydrogen (secondary N) is 1. The molecule has 1 heterocycles. The van der Waals surface area contributed by atoms with Crippen molar-refractivity contribution >= 4 is 16.6 Å².